The molecule has 0 saturated carbocycles. The number of fused-ring (bicyclic) bond motifs is 1. The number of aromatic nitrogens is 1. The van der Waals surface area contributed by atoms with Crippen LogP contribution in [0.1, 0.15) is 56.1 Å². The number of ether oxygens (including phenoxy) is 1. The third-order valence-electron chi connectivity index (χ3n) is 6.91. The zero-order valence-corrected chi connectivity index (χ0v) is 21.2. The van der Waals surface area contributed by atoms with E-state index in [1.807, 2.05) is 33.8 Å². The van der Waals surface area contributed by atoms with Gasteiger partial charge in [-0.25, -0.2) is 9.18 Å². The first-order valence-electron chi connectivity index (χ1n) is 12.2. The molecule has 1 aliphatic carbocycles. The number of likely N-dealkylation sites (tertiary alicyclic amines) is 1. The first kappa shape index (κ1) is 25.5. The Labute approximate surface area is 211 Å². The van der Waals surface area contributed by atoms with E-state index in [1.165, 1.54) is 18.3 Å². The number of nitrogens with zero attached hydrogens (tertiary/aromatic N) is 2. The lowest BCUT2D eigenvalue weighted by Crippen LogP contribution is -2.57. The van der Waals surface area contributed by atoms with Gasteiger partial charge in [-0.15, -0.1) is 0 Å². The fourth-order valence-corrected chi connectivity index (χ4v) is 5.17. The Morgan fingerprint density at radius 2 is 1.97 bits per heavy atom. The fraction of sp³-hybridized carbons (Fsp3) is 0.429. The van der Waals surface area contributed by atoms with Gasteiger partial charge in [0, 0.05) is 36.9 Å². The van der Waals surface area contributed by atoms with Crippen molar-refractivity contribution in [3.63, 3.8) is 0 Å². The van der Waals surface area contributed by atoms with Crippen molar-refractivity contribution in [3.8, 4) is 0 Å². The van der Waals surface area contributed by atoms with Gasteiger partial charge in [-0.1, -0.05) is 0 Å². The first-order chi connectivity index (χ1) is 17.0. The maximum Gasteiger partial charge on any atom is 0.410 e. The summed E-state index contributed by atoms with van der Waals surface area (Å²) in [4.78, 5) is 33.1. The van der Waals surface area contributed by atoms with Crippen LogP contribution in [0.3, 0.4) is 0 Å². The molecule has 4 rings (SSSR count). The highest BCUT2D eigenvalue weighted by molar-refractivity contribution is 6.01. The molecule has 2 heterocycles. The van der Waals surface area contributed by atoms with E-state index in [9.17, 15) is 14.0 Å². The normalized spacial score (nSPS) is 22.0. The van der Waals surface area contributed by atoms with E-state index in [0.29, 0.717) is 37.1 Å². The highest BCUT2D eigenvalue weighted by Crippen LogP contribution is 2.50. The van der Waals surface area contributed by atoms with Crippen LogP contribution < -0.4 is 5.32 Å². The van der Waals surface area contributed by atoms with Crippen molar-refractivity contribution in [2.24, 2.45) is 11.3 Å². The standard InChI is InChI=1S/C28H33FN4O3/c1-18-9-11-31-24(13-18)25(34)28-15-19(16-30)23(32-22-7-5-21(29)6-8-22)14-20(28)10-12-33(17-28)26(35)36-27(2,3)4/h5-9,11,13,16,20,30,32H,10,12,14-15,17H2,1-4H3. The number of nitrogens with one attached hydrogen (secondary N) is 2. The minimum absolute atomic E-state index is 0.0716. The molecule has 2 N–H and O–H groups in total. The second-order valence-corrected chi connectivity index (χ2v) is 10.8. The van der Waals surface area contributed by atoms with Crippen molar-refractivity contribution < 1.29 is 18.7 Å². The summed E-state index contributed by atoms with van der Waals surface area (Å²) in [6.07, 6.45) is 3.88. The molecule has 190 valence electrons. The molecule has 2 aromatic rings. The number of benzene rings is 1. The van der Waals surface area contributed by atoms with Gasteiger partial charge in [0.1, 0.15) is 17.1 Å². The number of anilines is 1. The number of allylic oxidation sites excluding steroid dienone is 2. The van der Waals surface area contributed by atoms with Gasteiger partial charge in [-0.05, 0) is 100 Å². The number of ketones is 1. The lowest BCUT2D eigenvalue weighted by atomic mass is 9.59. The second-order valence-electron chi connectivity index (χ2n) is 10.8. The summed E-state index contributed by atoms with van der Waals surface area (Å²) in [6, 6.07) is 9.69. The first-order valence-corrected chi connectivity index (χ1v) is 12.2. The Kier molecular flexibility index (Phi) is 6.98. The van der Waals surface area contributed by atoms with E-state index in [2.05, 4.69) is 10.3 Å². The van der Waals surface area contributed by atoms with Gasteiger partial charge < -0.3 is 20.4 Å². The van der Waals surface area contributed by atoms with Gasteiger partial charge in [0.05, 0.1) is 5.41 Å². The molecule has 2 atom stereocenters. The topological polar surface area (TPSA) is 95.4 Å². The van der Waals surface area contributed by atoms with Gasteiger partial charge in [-0.3, -0.25) is 9.78 Å². The summed E-state index contributed by atoms with van der Waals surface area (Å²) >= 11 is 0. The van der Waals surface area contributed by atoms with Crippen LogP contribution in [0.5, 0.6) is 0 Å². The quantitative estimate of drug-likeness (QED) is 0.408. The van der Waals surface area contributed by atoms with E-state index in [4.69, 9.17) is 10.1 Å². The Balaban J connectivity index is 1.72. The van der Waals surface area contributed by atoms with Gasteiger partial charge >= 0.3 is 6.09 Å². The Morgan fingerprint density at radius 1 is 1.25 bits per heavy atom. The lowest BCUT2D eigenvalue weighted by Gasteiger charge is -2.50. The summed E-state index contributed by atoms with van der Waals surface area (Å²) in [7, 11) is 0. The number of carbonyl (C=O) groups excluding carboxylic acids is 2. The van der Waals surface area contributed by atoms with Crippen LogP contribution in [0.25, 0.3) is 0 Å². The number of hydrogen-bond donors (Lipinski definition) is 2. The second kappa shape index (κ2) is 9.84. The van der Waals surface area contributed by atoms with Crippen molar-refractivity contribution in [3.05, 3.63) is 70.9 Å². The van der Waals surface area contributed by atoms with Gasteiger partial charge in [0.2, 0.25) is 0 Å². The molecule has 1 aliphatic heterocycles. The van der Waals surface area contributed by atoms with E-state index >= 15 is 0 Å². The highest BCUT2D eigenvalue weighted by Gasteiger charge is 2.53. The zero-order chi connectivity index (χ0) is 26.1. The Bertz CT molecular complexity index is 1200. The third-order valence-corrected chi connectivity index (χ3v) is 6.91. The lowest BCUT2D eigenvalue weighted by molar-refractivity contribution is -0.00955. The fourth-order valence-electron chi connectivity index (χ4n) is 5.17. The molecule has 0 bridgehead atoms. The molecule has 36 heavy (non-hydrogen) atoms. The SMILES string of the molecule is Cc1ccnc(C(=O)C23CC(C=N)=C(Nc4ccc(F)cc4)CC2CCN(C(=O)OC(C)(C)C)C3)c1. The molecular formula is C28H33FN4O3. The maximum atomic E-state index is 14.1. The van der Waals surface area contributed by atoms with Crippen LogP contribution in [0.15, 0.2) is 53.9 Å². The van der Waals surface area contributed by atoms with Crippen LogP contribution in [0.2, 0.25) is 0 Å². The number of piperidine rings is 1. The number of amides is 1. The summed E-state index contributed by atoms with van der Waals surface area (Å²) in [5.74, 6) is -0.516. The molecule has 8 heteroatoms. The smallest absolute Gasteiger partial charge is 0.410 e. The van der Waals surface area contributed by atoms with Crippen molar-refractivity contribution in [1.29, 1.82) is 5.41 Å². The molecule has 2 unspecified atom stereocenters. The van der Waals surface area contributed by atoms with E-state index in [-0.39, 0.29) is 24.1 Å². The predicted octanol–water partition coefficient (Wildman–Crippen LogP) is 5.76. The molecule has 0 spiro atoms. The maximum absolute atomic E-state index is 14.1. The van der Waals surface area contributed by atoms with Crippen LogP contribution >= 0.6 is 0 Å². The van der Waals surface area contributed by atoms with Crippen molar-refractivity contribution >= 4 is 23.8 Å². The number of halogens is 1. The number of pyridine rings is 1. The summed E-state index contributed by atoms with van der Waals surface area (Å²) < 4.78 is 19.0. The number of Topliss-reactive ketones (excluding diaryl/α,β-unsaturated/α-hetero) is 1. The molecule has 0 radical (unpaired) electrons. The van der Waals surface area contributed by atoms with Crippen LogP contribution in [-0.2, 0) is 4.74 Å². The molecule has 7 nitrogen and oxygen atoms in total. The van der Waals surface area contributed by atoms with E-state index < -0.39 is 17.1 Å². The minimum atomic E-state index is -0.934. The molecule has 1 amide bonds. The van der Waals surface area contributed by atoms with Crippen LogP contribution in [0, 0.1) is 29.5 Å². The molecule has 1 aromatic heterocycles. The number of rotatable bonds is 5. The van der Waals surface area contributed by atoms with Gasteiger partial charge in [-0.2, -0.15) is 0 Å². The molecule has 1 aromatic carbocycles. The molecule has 1 fully saturated rings. The third kappa shape index (κ3) is 5.32. The van der Waals surface area contributed by atoms with Crippen molar-refractivity contribution in [1.82, 2.24) is 9.88 Å². The average Bonchev–Trinajstić information content (AvgIpc) is 2.83. The average molecular weight is 493 g/mol. The number of carbonyl (C=O) groups is 2. The van der Waals surface area contributed by atoms with Crippen molar-refractivity contribution in [2.45, 2.75) is 52.6 Å². The minimum Gasteiger partial charge on any atom is -0.444 e. The Hall–Kier alpha value is -3.55. The monoisotopic (exact) mass is 492 g/mol. The molecular weight excluding hydrogens is 459 g/mol. The molecule has 1 saturated heterocycles. The Morgan fingerprint density at radius 3 is 2.61 bits per heavy atom. The number of hydrogen-bond acceptors (Lipinski definition) is 6. The summed E-state index contributed by atoms with van der Waals surface area (Å²) in [5, 5.41) is 11.5. The largest absolute Gasteiger partial charge is 0.444 e. The molecule has 2 aliphatic rings. The summed E-state index contributed by atoms with van der Waals surface area (Å²) in [6.45, 7) is 8.04. The van der Waals surface area contributed by atoms with Gasteiger partial charge in [0.15, 0.2) is 5.78 Å². The summed E-state index contributed by atoms with van der Waals surface area (Å²) in [5.41, 5.74) is 1.95. The highest BCUT2D eigenvalue weighted by atomic mass is 19.1. The predicted molar refractivity (Wildman–Crippen MR) is 137 cm³/mol. The van der Waals surface area contributed by atoms with Crippen LogP contribution in [0.4, 0.5) is 14.9 Å². The van der Waals surface area contributed by atoms with Crippen molar-refractivity contribution in [2.75, 3.05) is 18.4 Å². The van der Waals surface area contributed by atoms with Gasteiger partial charge in [0.25, 0.3) is 0 Å². The zero-order valence-electron chi connectivity index (χ0n) is 21.2. The van der Waals surface area contributed by atoms with Crippen LogP contribution in [-0.4, -0.2) is 46.7 Å². The van der Waals surface area contributed by atoms with E-state index in [1.54, 1.807) is 29.3 Å². The van der Waals surface area contributed by atoms with E-state index in [0.717, 1.165) is 16.9 Å². The number of aryl methyl sites for hydroxylation is 1.